The van der Waals surface area contributed by atoms with Crippen molar-refractivity contribution in [2.75, 3.05) is 13.2 Å². The number of benzene rings is 1. The van der Waals surface area contributed by atoms with Crippen LogP contribution in [-0.4, -0.2) is 22.9 Å². The lowest BCUT2D eigenvalue weighted by Crippen LogP contribution is -2.18. The number of aromatic nitrogens is 1. The highest BCUT2D eigenvalue weighted by Gasteiger charge is 2.16. The Kier molecular flexibility index (Phi) is 5.90. The van der Waals surface area contributed by atoms with Crippen molar-refractivity contribution in [2.45, 2.75) is 39.5 Å². The highest BCUT2D eigenvalue weighted by molar-refractivity contribution is 5.88. The number of nitrogens with zero attached hydrogens (tertiary/aromatic N) is 1. The summed E-state index contributed by atoms with van der Waals surface area (Å²) in [7, 11) is 1.63. The molecule has 1 heterocycles. The summed E-state index contributed by atoms with van der Waals surface area (Å²) in [6, 6.07) is 5.49. The quantitative estimate of drug-likeness (QED) is 0.755. The smallest absolute Gasteiger partial charge is 0.296 e. The number of hydrogen-bond donors (Lipinski definition) is 1. The van der Waals surface area contributed by atoms with E-state index in [1.807, 2.05) is 18.2 Å². The van der Waals surface area contributed by atoms with Gasteiger partial charge in [0.05, 0.1) is 18.7 Å². The van der Waals surface area contributed by atoms with E-state index < -0.39 is 5.56 Å². The summed E-state index contributed by atoms with van der Waals surface area (Å²) in [6.45, 7) is 5.29. The van der Waals surface area contributed by atoms with Crippen molar-refractivity contribution >= 4 is 10.9 Å². The zero-order chi connectivity index (χ0) is 16.8. The molecule has 5 nitrogen and oxygen atoms in total. The molecule has 23 heavy (non-hydrogen) atoms. The van der Waals surface area contributed by atoms with Gasteiger partial charge in [0, 0.05) is 18.5 Å². The zero-order valence-electron chi connectivity index (χ0n) is 14.1. The molecule has 1 N–H and O–H groups in total. The third-order valence-corrected chi connectivity index (χ3v) is 3.81. The zero-order valence-corrected chi connectivity index (χ0v) is 14.1. The second-order valence-corrected chi connectivity index (χ2v) is 5.62. The number of hydrogen-bond acceptors (Lipinski definition) is 4. The van der Waals surface area contributed by atoms with E-state index in [0.29, 0.717) is 29.9 Å². The molecule has 5 heteroatoms. The van der Waals surface area contributed by atoms with Crippen molar-refractivity contribution in [3.63, 3.8) is 0 Å². The third kappa shape index (κ3) is 3.78. The number of rotatable bonds is 8. The average Bonchev–Trinajstić information content (AvgIpc) is 2.56. The number of unbranched alkanes of at least 4 members (excludes halogenated alkanes) is 2. The van der Waals surface area contributed by atoms with E-state index in [-0.39, 0.29) is 11.5 Å². The number of aryl methyl sites for hydroxylation is 1. The van der Waals surface area contributed by atoms with Crippen LogP contribution in [0.5, 0.6) is 17.2 Å². The Bertz CT molecular complexity index is 721. The summed E-state index contributed by atoms with van der Waals surface area (Å²) in [5.74, 6) is 0.638. The molecule has 0 radical (unpaired) electrons. The van der Waals surface area contributed by atoms with E-state index in [1.165, 1.54) is 4.57 Å². The predicted octanol–water partition coefficient (Wildman–Crippen LogP) is 3.60. The standard InChI is InChI=1S/C18H25NO4/c1-4-6-10-22-13-8-9-14-15(12-13)19(3)18(21)16(20)17(14)23-11-7-5-2/h8-9,12,20H,4-7,10-11H2,1-3H3. The highest BCUT2D eigenvalue weighted by Crippen LogP contribution is 2.33. The van der Waals surface area contributed by atoms with Gasteiger partial charge in [-0.15, -0.1) is 0 Å². The Morgan fingerprint density at radius 1 is 1.09 bits per heavy atom. The highest BCUT2D eigenvalue weighted by atomic mass is 16.5. The predicted molar refractivity (Wildman–Crippen MR) is 91.7 cm³/mol. The lowest BCUT2D eigenvalue weighted by Gasteiger charge is -2.14. The Morgan fingerprint density at radius 2 is 1.74 bits per heavy atom. The molecule has 2 aromatic rings. The fourth-order valence-corrected chi connectivity index (χ4v) is 2.36. The van der Waals surface area contributed by atoms with Gasteiger partial charge in [0.1, 0.15) is 5.75 Å². The maximum absolute atomic E-state index is 12.2. The minimum Gasteiger partial charge on any atom is -0.500 e. The Balaban J connectivity index is 2.43. The van der Waals surface area contributed by atoms with Gasteiger partial charge in [-0.05, 0) is 25.0 Å². The van der Waals surface area contributed by atoms with Crippen LogP contribution in [0.1, 0.15) is 39.5 Å². The largest absolute Gasteiger partial charge is 0.500 e. The monoisotopic (exact) mass is 319 g/mol. The normalized spacial score (nSPS) is 10.9. The van der Waals surface area contributed by atoms with Crippen molar-refractivity contribution in [1.82, 2.24) is 4.57 Å². The van der Waals surface area contributed by atoms with Crippen molar-refractivity contribution in [3.8, 4) is 17.2 Å². The van der Waals surface area contributed by atoms with Crippen LogP contribution in [0.2, 0.25) is 0 Å². The Morgan fingerprint density at radius 3 is 2.39 bits per heavy atom. The summed E-state index contributed by atoms with van der Waals surface area (Å²) < 4.78 is 12.8. The molecule has 0 aliphatic rings. The van der Waals surface area contributed by atoms with Crippen LogP contribution in [0.25, 0.3) is 10.9 Å². The molecule has 1 aromatic heterocycles. The minimum absolute atomic E-state index is 0.261. The number of aromatic hydroxyl groups is 1. The lowest BCUT2D eigenvalue weighted by molar-refractivity contribution is 0.294. The maximum Gasteiger partial charge on any atom is 0.296 e. The van der Waals surface area contributed by atoms with Crippen LogP contribution in [0, 0.1) is 0 Å². The second kappa shape index (κ2) is 7.90. The topological polar surface area (TPSA) is 60.7 Å². The number of fused-ring (bicyclic) bond motifs is 1. The molecular weight excluding hydrogens is 294 g/mol. The third-order valence-electron chi connectivity index (χ3n) is 3.81. The molecule has 0 aliphatic heterocycles. The molecule has 0 unspecified atom stereocenters. The van der Waals surface area contributed by atoms with Gasteiger partial charge < -0.3 is 19.1 Å². The SMILES string of the molecule is CCCCOc1ccc2c(OCCCC)c(O)c(=O)n(C)c2c1. The molecule has 0 aliphatic carbocycles. The van der Waals surface area contributed by atoms with Crippen molar-refractivity contribution in [1.29, 1.82) is 0 Å². The van der Waals surface area contributed by atoms with E-state index >= 15 is 0 Å². The molecule has 0 saturated heterocycles. The van der Waals surface area contributed by atoms with E-state index in [1.54, 1.807) is 7.05 Å². The average molecular weight is 319 g/mol. The molecular formula is C18H25NO4. The Hall–Kier alpha value is -2.17. The van der Waals surface area contributed by atoms with Crippen LogP contribution in [0.3, 0.4) is 0 Å². The first kappa shape index (κ1) is 17.2. The van der Waals surface area contributed by atoms with Gasteiger partial charge in [0.2, 0.25) is 5.75 Å². The fraction of sp³-hybridized carbons (Fsp3) is 0.500. The van der Waals surface area contributed by atoms with Gasteiger partial charge in [0.25, 0.3) is 5.56 Å². The van der Waals surface area contributed by atoms with Crippen molar-refractivity contribution < 1.29 is 14.6 Å². The van der Waals surface area contributed by atoms with Crippen LogP contribution in [0.15, 0.2) is 23.0 Å². The molecule has 0 atom stereocenters. The summed E-state index contributed by atoms with van der Waals surface area (Å²) >= 11 is 0. The van der Waals surface area contributed by atoms with Crippen molar-refractivity contribution in [3.05, 3.63) is 28.6 Å². The van der Waals surface area contributed by atoms with Gasteiger partial charge in [0.15, 0.2) is 5.75 Å². The van der Waals surface area contributed by atoms with Gasteiger partial charge in [-0.2, -0.15) is 0 Å². The van der Waals surface area contributed by atoms with Gasteiger partial charge >= 0.3 is 0 Å². The number of pyridine rings is 1. The molecule has 0 saturated carbocycles. The fourth-order valence-electron chi connectivity index (χ4n) is 2.36. The summed E-state index contributed by atoms with van der Waals surface area (Å²) in [5.41, 5.74) is 0.225. The molecule has 0 spiro atoms. The molecule has 1 aromatic carbocycles. The van der Waals surface area contributed by atoms with Crippen LogP contribution in [-0.2, 0) is 7.05 Å². The van der Waals surface area contributed by atoms with Crippen molar-refractivity contribution in [2.24, 2.45) is 7.05 Å². The van der Waals surface area contributed by atoms with E-state index in [0.717, 1.165) is 25.7 Å². The van der Waals surface area contributed by atoms with Gasteiger partial charge in [-0.25, -0.2) is 0 Å². The molecule has 126 valence electrons. The molecule has 2 rings (SSSR count). The Labute approximate surface area is 136 Å². The lowest BCUT2D eigenvalue weighted by atomic mass is 10.1. The van der Waals surface area contributed by atoms with Crippen LogP contribution < -0.4 is 15.0 Å². The van der Waals surface area contributed by atoms with Gasteiger partial charge in [-0.1, -0.05) is 26.7 Å². The first-order chi connectivity index (χ1) is 11.1. The van der Waals surface area contributed by atoms with Gasteiger partial charge in [-0.3, -0.25) is 4.79 Å². The van der Waals surface area contributed by atoms with Crippen LogP contribution in [0.4, 0.5) is 0 Å². The summed E-state index contributed by atoms with van der Waals surface area (Å²) in [6.07, 6.45) is 3.90. The molecule has 0 amide bonds. The minimum atomic E-state index is -0.463. The second-order valence-electron chi connectivity index (χ2n) is 5.62. The van der Waals surface area contributed by atoms with E-state index in [9.17, 15) is 9.90 Å². The first-order valence-corrected chi connectivity index (χ1v) is 8.21. The van der Waals surface area contributed by atoms with E-state index in [2.05, 4.69) is 13.8 Å². The molecule has 0 fully saturated rings. The van der Waals surface area contributed by atoms with E-state index in [4.69, 9.17) is 9.47 Å². The molecule has 0 bridgehead atoms. The summed E-state index contributed by atoms with van der Waals surface area (Å²) in [4.78, 5) is 12.2. The number of ether oxygens (including phenoxy) is 2. The summed E-state index contributed by atoms with van der Waals surface area (Å²) in [5, 5.41) is 10.8. The van der Waals surface area contributed by atoms with Crippen LogP contribution >= 0.6 is 0 Å². The first-order valence-electron chi connectivity index (χ1n) is 8.21. The maximum atomic E-state index is 12.2.